The van der Waals surface area contributed by atoms with Crippen LogP contribution in [0.4, 0.5) is 22.0 Å². The quantitative estimate of drug-likeness (QED) is 0.292. The lowest BCUT2D eigenvalue weighted by molar-refractivity contribution is 0.0932. The maximum atomic E-state index is 14.4. The molecule has 0 aliphatic carbocycles. The number of halogens is 5. The summed E-state index contributed by atoms with van der Waals surface area (Å²) in [5.74, 6) is -12.3. The van der Waals surface area contributed by atoms with Gasteiger partial charge in [-0.05, 0) is 13.0 Å². The third kappa shape index (κ3) is 2.27. The molecule has 2 heterocycles. The Morgan fingerprint density at radius 3 is 1.43 bits per heavy atom. The fourth-order valence-corrected chi connectivity index (χ4v) is 3.45. The Balaban J connectivity index is 2.33. The molecular formula is C18H5F5O7. The summed E-state index contributed by atoms with van der Waals surface area (Å²) in [6.07, 6.45) is 0. The molecule has 154 valence electrons. The van der Waals surface area contributed by atoms with Crippen LogP contribution in [0.2, 0.25) is 0 Å². The molecule has 0 radical (unpaired) electrons. The van der Waals surface area contributed by atoms with E-state index in [0.717, 1.165) is 6.07 Å². The summed E-state index contributed by atoms with van der Waals surface area (Å²) in [7, 11) is 0. The van der Waals surface area contributed by atoms with Crippen LogP contribution in [0.5, 0.6) is 0 Å². The van der Waals surface area contributed by atoms with E-state index in [9.17, 15) is 46.2 Å². The maximum absolute atomic E-state index is 14.4. The summed E-state index contributed by atoms with van der Waals surface area (Å²) in [4.78, 5) is 48.0. The Kier molecular flexibility index (Phi) is 3.87. The lowest BCUT2D eigenvalue weighted by Crippen LogP contribution is -2.30. The van der Waals surface area contributed by atoms with Crippen LogP contribution >= 0.6 is 0 Å². The van der Waals surface area contributed by atoms with E-state index in [2.05, 4.69) is 8.83 Å². The molecule has 4 rings (SSSR count). The molecule has 2 aromatic carbocycles. The maximum Gasteiger partial charge on any atom is 0.347 e. The van der Waals surface area contributed by atoms with E-state index in [1.54, 1.807) is 0 Å². The van der Waals surface area contributed by atoms with Gasteiger partial charge in [-0.25, -0.2) is 41.1 Å². The molecule has 0 amide bonds. The van der Waals surface area contributed by atoms with E-state index < -0.39 is 89.9 Å². The van der Waals surface area contributed by atoms with Gasteiger partial charge in [-0.3, -0.25) is 0 Å². The van der Waals surface area contributed by atoms with Crippen molar-refractivity contribution in [1.29, 1.82) is 0 Å². The number of benzene rings is 2. The van der Waals surface area contributed by atoms with Crippen LogP contribution in [-0.4, -0.2) is 5.11 Å². The molecule has 2 aromatic heterocycles. The van der Waals surface area contributed by atoms with Gasteiger partial charge in [-0.15, -0.1) is 0 Å². The topological polar surface area (TPSA) is 115 Å². The van der Waals surface area contributed by atoms with E-state index in [-0.39, 0.29) is 0 Å². The third-order valence-corrected chi connectivity index (χ3v) is 4.73. The molecule has 0 aliphatic heterocycles. The van der Waals surface area contributed by atoms with Gasteiger partial charge in [0, 0.05) is 5.56 Å². The molecule has 0 aliphatic rings. The van der Waals surface area contributed by atoms with E-state index in [4.69, 9.17) is 0 Å². The minimum absolute atomic E-state index is 0.507. The lowest BCUT2D eigenvalue weighted by Gasteiger charge is -2.26. The predicted octanol–water partition coefficient (Wildman–Crippen LogP) is 1.45. The largest absolute Gasteiger partial charge is 0.386 e. The standard InChI is InChI=1S/C18H5F5O7/c1-18(28,8-9(19)11(21)13(23)12(22)10(8)20)7-5-3(14(24)29-16(5)26)2-4-6(7)17(27)30-15(4)25/h2,28H,1H3. The smallest absolute Gasteiger partial charge is 0.347 e. The molecule has 12 heteroatoms. The summed E-state index contributed by atoms with van der Waals surface area (Å²) >= 11 is 0. The van der Waals surface area contributed by atoms with E-state index in [1.807, 2.05) is 0 Å². The molecule has 1 unspecified atom stereocenters. The molecular weight excluding hydrogens is 423 g/mol. The number of hydrogen-bond donors (Lipinski definition) is 1. The predicted molar refractivity (Wildman–Crippen MR) is 88.3 cm³/mol. The second-order valence-electron chi connectivity index (χ2n) is 6.47. The molecule has 30 heavy (non-hydrogen) atoms. The highest BCUT2D eigenvalue weighted by molar-refractivity contribution is 6.02. The SMILES string of the molecule is CC(O)(c1c(F)c(F)c(F)c(F)c1F)c1c2c(=O)oc(=O)c2cc2c(=O)oc(=O)c12. The Labute approximate surface area is 158 Å². The van der Waals surface area contributed by atoms with Crippen molar-refractivity contribution in [2.24, 2.45) is 0 Å². The van der Waals surface area contributed by atoms with Gasteiger partial charge in [0.05, 0.1) is 27.1 Å². The molecule has 4 aromatic rings. The van der Waals surface area contributed by atoms with Crippen LogP contribution in [0, 0.1) is 29.1 Å². The van der Waals surface area contributed by atoms with Crippen molar-refractivity contribution in [1.82, 2.24) is 0 Å². The fraction of sp³-hybridized carbons (Fsp3) is 0.111. The van der Waals surface area contributed by atoms with Crippen molar-refractivity contribution in [3.8, 4) is 0 Å². The second-order valence-corrected chi connectivity index (χ2v) is 6.47. The van der Waals surface area contributed by atoms with Crippen molar-refractivity contribution >= 4 is 21.5 Å². The third-order valence-electron chi connectivity index (χ3n) is 4.73. The van der Waals surface area contributed by atoms with Crippen molar-refractivity contribution < 1.29 is 35.9 Å². The van der Waals surface area contributed by atoms with Gasteiger partial charge in [0.25, 0.3) is 0 Å². The normalized spacial score (nSPS) is 14.0. The fourth-order valence-electron chi connectivity index (χ4n) is 3.45. The van der Waals surface area contributed by atoms with Gasteiger partial charge in [0.2, 0.25) is 5.82 Å². The first-order chi connectivity index (χ1) is 13.9. The van der Waals surface area contributed by atoms with Crippen LogP contribution in [0.25, 0.3) is 21.5 Å². The first-order valence-electron chi connectivity index (χ1n) is 7.88. The summed E-state index contributed by atoms with van der Waals surface area (Å²) in [5.41, 5.74) is -11.8. The van der Waals surface area contributed by atoms with Gasteiger partial charge >= 0.3 is 22.5 Å². The Bertz CT molecular complexity index is 1500. The number of rotatable bonds is 2. The molecule has 1 atom stereocenters. The summed E-state index contributed by atoms with van der Waals surface area (Å²) in [5, 5.41) is 7.79. The van der Waals surface area contributed by atoms with Crippen LogP contribution in [0.15, 0.2) is 34.1 Å². The first kappa shape index (κ1) is 19.6. The Morgan fingerprint density at radius 2 is 1.03 bits per heavy atom. The zero-order valence-corrected chi connectivity index (χ0v) is 14.4. The number of aliphatic hydroxyl groups is 1. The summed E-state index contributed by atoms with van der Waals surface area (Å²) < 4.78 is 78.3. The van der Waals surface area contributed by atoms with Gasteiger partial charge in [0.15, 0.2) is 23.3 Å². The van der Waals surface area contributed by atoms with E-state index in [1.165, 1.54) is 0 Å². The van der Waals surface area contributed by atoms with Crippen molar-refractivity contribution in [2.45, 2.75) is 12.5 Å². The molecule has 0 saturated heterocycles. The highest BCUT2D eigenvalue weighted by Gasteiger charge is 2.42. The molecule has 7 nitrogen and oxygen atoms in total. The van der Waals surface area contributed by atoms with Crippen LogP contribution in [0.1, 0.15) is 18.1 Å². The molecule has 0 saturated carbocycles. The Hall–Kier alpha value is -3.67. The number of hydrogen-bond acceptors (Lipinski definition) is 7. The molecule has 1 N–H and O–H groups in total. The molecule has 0 fully saturated rings. The number of furan rings is 2. The minimum Gasteiger partial charge on any atom is -0.386 e. The first-order valence-corrected chi connectivity index (χ1v) is 7.88. The average molecular weight is 428 g/mol. The lowest BCUT2D eigenvalue weighted by atomic mass is 9.82. The number of fused-ring (bicyclic) bond motifs is 2. The van der Waals surface area contributed by atoms with Crippen LogP contribution < -0.4 is 22.5 Å². The highest BCUT2D eigenvalue weighted by atomic mass is 19.2. The Morgan fingerprint density at radius 1 is 0.667 bits per heavy atom. The van der Waals surface area contributed by atoms with E-state index >= 15 is 0 Å². The monoisotopic (exact) mass is 428 g/mol. The van der Waals surface area contributed by atoms with Crippen molar-refractivity contribution in [2.75, 3.05) is 0 Å². The minimum atomic E-state index is -3.29. The van der Waals surface area contributed by atoms with Gasteiger partial charge in [-0.1, -0.05) is 0 Å². The zero-order valence-electron chi connectivity index (χ0n) is 14.4. The van der Waals surface area contributed by atoms with Crippen LogP contribution in [0.3, 0.4) is 0 Å². The molecule has 0 spiro atoms. The highest BCUT2D eigenvalue weighted by Crippen LogP contribution is 2.40. The summed E-state index contributed by atoms with van der Waals surface area (Å²) in [6, 6.07) is 0.725. The van der Waals surface area contributed by atoms with Gasteiger partial charge in [0.1, 0.15) is 5.60 Å². The van der Waals surface area contributed by atoms with E-state index in [0.29, 0.717) is 6.92 Å². The zero-order chi connectivity index (χ0) is 22.3. The average Bonchev–Trinajstić information content (AvgIpc) is 3.12. The second kappa shape index (κ2) is 5.92. The van der Waals surface area contributed by atoms with Gasteiger partial charge < -0.3 is 13.9 Å². The summed E-state index contributed by atoms with van der Waals surface area (Å²) in [6.45, 7) is 0.507. The van der Waals surface area contributed by atoms with Crippen molar-refractivity contribution in [3.05, 3.63) is 88.0 Å². The van der Waals surface area contributed by atoms with Crippen molar-refractivity contribution in [3.63, 3.8) is 0 Å². The molecule has 0 bridgehead atoms. The van der Waals surface area contributed by atoms with Gasteiger partial charge in [-0.2, -0.15) is 0 Å². The van der Waals surface area contributed by atoms with Crippen LogP contribution in [-0.2, 0) is 5.60 Å².